The molecule has 1 aromatic rings. The van der Waals surface area contributed by atoms with Crippen LogP contribution < -0.4 is 5.32 Å². The topological polar surface area (TPSA) is 12.0 Å². The third kappa shape index (κ3) is 2.31. The van der Waals surface area contributed by atoms with Gasteiger partial charge in [-0.2, -0.15) is 0 Å². The van der Waals surface area contributed by atoms with Crippen molar-refractivity contribution >= 4 is 0 Å². The van der Waals surface area contributed by atoms with Crippen LogP contribution in [0.15, 0.2) is 24.3 Å². The van der Waals surface area contributed by atoms with E-state index in [0.29, 0.717) is 0 Å². The monoisotopic (exact) mass is 167 g/mol. The summed E-state index contributed by atoms with van der Waals surface area (Å²) in [6, 6.07) is 6.91. The number of halogens is 1. The van der Waals surface area contributed by atoms with E-state index in [4.69, 9.17) is 0 Å². The molecule has 1 nitrogen and oxygen atoms in total. The Morgan fingerprint density at radius 1 is 1.50 bits per heavy atom. The Kier molecular flexibility index (Phi) is 3.23. The van der Waals surface area contributed by atoms with Crippen molar-refractivity contribution in [2.75, 3.05) is 6.54 Å². The van der Waals surface area contributed by atoms with Gasteiger partial charge in [-0.25, -0.2) is 4.39 Å². The van der Waals surface area contributed by atoms with E-state index in [2.05, 4.69) is 5.32 Å². The molecule has 0 aliphatic heterocycles. The second-order valence-electron chi connectivity index (χ2n) is 2.83. The molecule has 0 radical (unpaired) electrons. The zero-order valence-electron chi connectivity index (χ0n) is 7.47. The van der Waals surface area contributed by atoms with Crippen LogP contribution in [0.25, 0.3) is 0 Å². The standard InChI is InChI=1S/C10H14FN/c1-3-12-8(2)9-5-4-6-10(11)7-9/h4-8,12H,3H2,1-2H3/t8-/m0/s1. The van der Waals surface area contributed by atoms with Crippen molar-refractivity contribution in [2.24, 2.45) is 0 Å². The lowest BCUT2D eigenvalue weighted by Crippen LogP contribution is -2.17. The van der Waals surface area contributed by atoms with Crippen molar-refractivity contribution in [1.29, 1.82) is 0 Å². The second kappa shape index (κ2) is 4.21. The summed E-state index contributed by atoms with van der Waals surface area (Å²) in [6.07, 6.45) is 0. The van der Waals surface area contributed by atoms with E-state index in [9.17, 15) is 4.39 Å². The highest BCUT2D eigenvalue weighted by Crippen LogP contribution is 2.12. The van der Waals surface area contributed by atoms with Crippen LogP contribution in [0.2, 0.25) is 0 Å². The molecule has 12 heavy (non-hydrogen) atoms. The maximum atomic E-state index is 12.7. The molecule has 1 aromatic carbocycles. The summed E-state index contributed by atoms with van der Waals surface area (Å²) in [7, 11) is 0. The van der Waals surface area contributed by atoms with Crippen LogP contribution >= 0.6 is 0 Å². The predicted octanol–water partition coefficient (Wildman–Crippen LogP) is 2.50. The first-order chi connectivity index (χ1) is 5.74. The predicted molar refractivity (Wildman–Crippen MR) is 48.5 cm³/mol. The van der Waals surface area contributed by atoms with Gasteiger partial charge in [0.25, 0.3) is 0 Å². The number of benzene rings is 1. The highest BCUT2D eigenvalue weighted by molar-refractivity contribution is 5.19. The summed E-state index contributed by atoms with van der Waals surface area (Å²) in [5.41, 5.74) is 0.997. The van der Waals surface area contributed by atoms with Crippen molar-refractivity contribution in [3.05, 3.63) is 35.6 Å². The van der Waals surface area contributed by atoms with Gasteiger partial charge in [-0.15, -0.1) is 0 Å². The highest BCUT2D eigenvalue weighted by Gasteiger charge is 2.02. The maximum absolute atomic E-state index is 12.7. The maximum Gasteiger partial charge on any atom is 0.123 e. The van der Waals surface area contributed by atoms with E-state index < -0.39 is 0 Å². The first-order valence-electron chi connectivity index (χ1n) is 4.23. The molecule has 0 saturated heterocycles. The Hall–Kier alpha value is -0.890. The van der Waals surface area contributed by atoms with Crippen LogP contribution in [0.1, 0.15) is 25.5 Å². The molecular formula is C10H14FN. The van der Waals surface area contributed by atoms with E-state index in [1.54, 1.807) is 12.1 Å². The first-order valence-corrected chi connectivity index (χ1v) is 4.23. The summed E-state index contributed by atoms with van der Waals surface area (Å²) < 4.78 is 12.7. The van der Waals surface area contributed by atoms with E-state index in [1.165, 1.54) is 6.07 Å². The minimum Gasteiger partial charge on any atom is -0.310 e. The zero-order valence-corrected chi connectivity index (χ0v) is 7.47. The molecule has 0 aliphatic carbocycles. The third-order valence-corrected chi connectivity index (χ3v) is 1.86. The smallest absolute Gasteiger partial charge is 0.123 e. The Bertz CT molecular complexity index is 247. The second-order valence-corrected chi connectivity index (χ2v) is 2.83. The molecular weight excluding hydrogens is 153 g/mol. The van der Waals surface area contributed by atoms with Gasteiger partial charge in [0.2, 0.25) is 0 Å². The molecule has 0 bridgehead atoms. The number of nitrogens with one attached hydrogen (secondary N) is 1. The minimum atomic E-state index is -0.169. The number of hydrogen-bond donors (Lipinski definition) is 1. The molecule has 0 saturated carbocycles. The molecule has 0 amide bonds. The summed E-state index contributed by atoms with van der Waals surface area (Å²) in [4.78, 5) is 0. The van der Waals surface area contributed by atoms with Crippen LogP contribution in [0.5, 0.6) is 0 Å². The summed E-state index contributed by atoms with van der Waals surface area (Å²) in [5, 5.41) is 3.22. The van der Waals surface area contributed by atoms with Crippen molar-refractivity contribution in [1.82, 2.24) is 5.32 Å². The molecule has 0 heterocycles. The van der Waals surface area contributed by atoms with Gasteiger partial charge in [0.1, 0.15) is 5.82 Å². The molecule has 0 aromatic heterocycles. The summed E-state index contributed by atoms with van der Waals surface area (Å²) in [6.45, 7) is 4.96. The molecule has 66 valence electrons. The fourth-order valence-electron chi connectivity index (χ4n) is 1.20. The van der Waals surface area contributed by atoms with Gasteiger partial charge in [0.05, 0.1) is 0 Å². The van der Waals surface area contributed by atoms with Crippen molar-refractivity contribution in [3.8, 4) is 0 Å². The summed E-state index contributed by atoms with van der Waals surface area (Å²) in [5.74, 6) is -0.169. The Morgan fingerprint density at radius 3 is 2.83 bits per heavy atom. The van der Waals surface area contributed by atoms with E-state index in [1.807, 2.05) is 19.9 Å². The van der Waals surface area contributed by atoms with E-state index >= 15 is 0 Å². The number of hydrogen-bond acceptors (Lipinski definition) is 1. The lowest BCUT2D eigenvalue weighted by Gasteiger charge is -2.11. The van der Waals surface area contributed by atoms with Crippen LogP contribution in [-0.2, 0) is 0 Å². The fraction of sp³-hybridized carbons (Fsp3) is 0.400. The van der Waals surface area contributed by atoms with Crippen molar-refractivity contribution < 1.29 is 4.39 Å². The van der Waals surface area contributed by atoms with E-state index in [-0.39, 0.29) is 11.9 Å². The van der Waals surface area contributed by atoms with Gasteiger partial charge in [-0.05, 0) is 31.2 Å². The van der Waals surface area contributed by atoms with Gasteiger partial charge in [-0.1, -0.05) is 19.1 Å². The number of rotatable bonds is 3. The SMILES string of the molecule is CCN[C@@H](C)c1cccc(F)c1. The molecule has 1 atom stereocenters. The van der Waals surface area contributed by atoms with Crippen LogP contribution in [0, 0.1) is 5.82 Å². The highest BCUT2D eigenvalue weighted by atomic mass is 19.1. The third-order valence-electron chi connectivity index (χ3n) is 1.86. The minimum absolute atomic E-state index is 0.169. The molecule has 2 heteroatoms. The lowest BCUT2D eigenvalue weighted by atomic mass is 10.1. The zero-order chi connectivity index (χ0) is 8.97. The largest absolute Gasteiger partial charge is 0.310 e. The Morgan fingerprint density at radius 2 is 2.25 bits per heavy atom. The van der Waals surface area contributed by atoms with Gasteiger partial charge in [-0.3, -0.25) is 0 Å². The van der Waals surface area contributed by atoms with Crippen LogP contribution in [0.3, 0.4) is 0 Å². The first kappa shape index (κ1) is 9.20. The van der Waals surface area contributed by atoms with Crippen LogP contribution in [-0.4, -0.2) is 6.54 Å². The van der Waals surface area contributed by atoms with E-state index in [0.717, 1.165) is 12.1 Å². The lowest BCUT2D eigenvalue weighted by molar-refractivity contribution is 0.583. The van der Waals surface area contributed by atoms with Gasteiger partial charge in [0, 0.05) is 6.04 Å². The molecule has 0 unspecified atom stereocenters. The fourth-order valence-corrected chi connectivity index (χ4v) is 1.20. The van der Waals surface area contributed by atoms with Gasteiger partial charge in [0.15, 0.2) is 0 Å². The van der Waals surface area contributed by atoms with Gasteiger partial charge >= 0.3 is 0 Å². The Labute approximate surface area is 72.6 Å². The van der Waals surface area contributed by atoms with Gasteiger partial charge < -0.3 is 5.32 Å². The average molecular weight is 167 g/mol. The molecule has 0 aliphatic rings. The normalized spacial score (nSPS) is 12.9. The average Bonchev–Trinajstić information content (AvgIpc) is 2.05. The molecule has 0 spiro atoms. The molecule has 1 rings (SSSR count). The molecule has 1 N–H and O–H groups in total. The van der Waals surface area contributed by atoms with Crippen molar-refractivity contribution in [2.45, 2.75) is 19.9 Å². The Balaban J connectivity index is 2.73. The summed E-state index contributed by atoms with van der Waals surface area (Å²) >= 11 is 0. The quantitative estimate of drug-likeness (QED) is 0.729. The van der Waals surface area contributed by atoms with Crippen molar-refractivity contribution in [3.63, 3.8) is 0 Å². The molecule has 0 fully saturated rings. The van der Waals surface area contributed by atoms with Crippen LogP contribution in [0.4, 0.5) is 4.39 Å².